The fraction of sp³-hybridized carbons (Fsp3) is 0.200. The summed E-state index contributed by atoms with van der Waals surface area (Å²) in [6.07, 6.45) is 7.88. The Morgan fingerprint density at radius 2 is 1.77 bits per heavy atom. The lowest BCUT2D eigenvalue weighted by atomic mass is 9.89. The van der Waals surface area contributed by atoms with E-state index in [4.69, 9.17) is 0 Å². The van der Waals surface area contributed by atoms with Crippen molar-refractivity contribution in [3.05, 3.63) is 89.8 Å². The summed E-state index contributed by atoms with van der Waals surface area (Å²) in [5.41, 5.74) is 8.74. The van der Waals surface area contributed by atoms with Crippen LogP contribution in [0, 0.1) is 0 Å². The van der Waals surface area contributed by atoms with Gasteiger partial charge >= 0.3 is 0 Å². The van der Waals surface area contributed by atoms with Crippen molar-refractivity contribution in [1.82, 2.24) is 9.99 Å². The minimum Gasteiger partial charge on any atom is -0.366 e. The van der Waals surface area contributed by atoms with Crippen molar-refractivity contribution in [3.8, 4) is 5.69 Å². The van der Waals surface area contributed by atoms with Gasteiger partial charge in [0.1, 0.15) is 0 Å². The second-order valence-electron chi connectivity index (χ2n) is 8.15. The monoisotopic (exact) mass is 398 g/mol. The highest BCUT2D eigenvalue weighted by molar-refractivity contribution is 5.95. The first kappa shape index (κ1) is 19.7. The molecule has 0 radical (unpaired) electrons. The average molecular weight is 399 g/mol. The molecular weight excluding hydrogens is 372 g/mol. The van der Waals surface area contributed by atoms with E-state index >= 15 is 0 Å². The Labute approximate surface area is 177 Å². The third-order valence-corrected chi connectivity index (χ3v) is 5.65. The summed E-state index contributed by atoms with van der Waals surface area (Å²) in [4.78, 5) is 14.7. The zero-order valence-electron chi connectivity index (χ0n) is 17.8. The maximum Gasteiger partial charge on any atom is 0.271 e. The molecular formula is C25H26N4O. The van der Waals surface area contributed by atoms with Gasteiger partial charge < -0.3 is 9.47 Å². The number of nitrogens with zero attached hydrogens (tertiary/aromatic N) is 3. The number of rotatable bonds is 4. The van der Waals surface area contributed by atoms with Crippen molar-refractivity contribution >= 4 is 23.4 Å². The van der Waals surface area contributed by atoms with Crippen LogP contribution in [0.4, 0.5) is 5.69 Å². The van der Waals surface area contributed by atoms with Crippen molar-refractivity contribution in [2.24, 2.45) is 5.10 Å². The predicted octanol–water partition coefficient (Wildman–Crippen LogP) is 4.87. The van der Waals surface area contributed by atoms with Crippen LogP contribution in [0.1, 0.15) is 42.3 Å². The summed E-state index contributed by atoms with van der Waals surface area (Å²) in [6, 6.07) is 17.6. The molecule has 0 atom stereocenters. The van der Waals surface area contributed by atoms with Crippen LogP contribution in [-0.4, -0.2) is 29.3 Å². The quantitative estimate of drug-likeness (QED) is 0.503. The zero-order valence-corrected chi connectivity index (χ0v) is 17.8. The van der Waals surface area contributed by atoms with Crippen LogP contribution < -0.4 is 10.3 Å². The number of nitrogens with one attached hydrogen (secondary N) is 1. The zero-order chi connectivity index (χ0) is 21.3. The number of amides is 1. The van der Waals surface area contributed by atoms with Gasteiger partial charge in [0, 0.05) is 41.9 Å². The highest BCUT2D eigenvalue weighted by Crippen LogP contribution is 2.37. The number of hydrogen-bond donors (Lipinski definition) is 1. The molecule has 0 saturated carbocycles. The number of anilines is 1. The van der Waals surface area contributed by atoms with E-state index in [1.54, 1.807) is 18.3 Å². The van der Waals surface area contributed by atoms with Gasteiger partial charge in [-0.1, -0.05) is 12.1 Å². The molecule has 2 aromatic carbocycles. The number of hydrazone groups is 1. The van der Waals surface area contributed by atoms with Gasteiger partial charge in [0.2, 0.25) is 0 Å². The lowest BCUT2D eigenvalue weighted by molar-refractivity contribution is 0.0955. The lowest BCUT2D eigenvalue weighted by Crippen LogP contribution is -2.42. The normalized spacial score (nSPS) is 15.1. The van der Waals surface area contributed by atoms with Crippen molar-refractivity contribution in [1.29, 1.82) is 0 Å². The van der Waals surface area contributed by atoms with Gasteiger partial charge in [-0.2, -0.15) is 5.10 Å². The van der Waals surface area contributed by atoms with E-state index in [1.807, 2.05) is 47.3 Å². The molecule has 0 bridgehead atoms. The SMILES string of the molecule is CC1=CC(C)(C)N(C)c2ccc(/C=N/NC(=O)c3ccc(-n4cccc4)cc3)cc21. The number of carbonyl (C=O) groups excluding carboxylic acids is 1. The summed E-state index contributed by atoms with van der Waals surface area (Å²) in [5, 5.41) is 4.15. The number of fused-ring (bicyclic) bond motifs is 1. The van der Waals surface area contributed by atoms with E-state index in [0.29, 0.717) is 5.56 Å². The van der Waals surface area contributed by atoms with E-state index in [1.165, 1.54) is 16.8 Å². The van der Waals surface area contributed by atoms with Crippen LogP contribution in [0.3, 0.4) is 0 Å². The average Bonchev–Trinajstić information content (AvgIpc) is 3.27. The minimum absolute atomic E-state index is 0.0163. The molecule has 30 heavy (non-hydrogen) atoms. The van der Waals surface area contributed by atoms with Crippen molar-refractivity contribution in [2.75, 3.05) is 11.9 Å². The van der Waals surface area contributed by atoms with E-state index in [2.05, 4.69) is 61.5 Å². The molecule has 5 nitrogen and oxygen atoms in total. The molecule has 152 valence electrons. The fourth-order valence-corrected chi connectivity index (χ4v) is 3.78. The first-order chi connectivity index (χ1) is 14.3. The largest absolute Gasteiger partial charge is 0.366 e. The summed E-state index contributed by atoms with van der Waals surface area (Å²) < 4.78 is 1.99. The van der Waals surface area contributed by atoms with E-state index in [9.17, 15) is 4.79 Å². The standard InChI is InChI=1S/C25H26N4O/c1-18-16-25(2,3)28(4)23-12-7-19(15-22(18)23)17-26-27-24(30)20-8-10-21(11-9-20)29-13-5-6-14-29/h5-17H,1-4H3,(H,27,30)/b26-17+. The van der Waals surface area contributed by atoms with Crippen LogP contribution >= 0.6 is 0 Å². The summed E-state index contributed by atoms with van der Waals surface area (Å²) >= 11 is 0. The van der Waals surface area contributed by atoms with Gasteiger partial charge in [-0.25, -0.2) is 5.43 Å². The Morgan fingerprint density at radius 3 is 2.47 bits per heavy atom. The Balaban J connectivity index is 1.45. The maximum absolute atomic E-state index is 12.4. The Hall–Kier alpha value is -3.60. The van der Waals surface area contributed by atoms with Crippen LogP contribution in [0.5, 0.6) is 0 Å². The summed E-state index contributed by atoms with van der Waals surface area (Å²) in [6.45, 7) is 6.54. The van der Waals surface area contributed by atoms with E-state index in [-0.39, 0.29) is 11.4 Å². The molecule has 1 aromatic heterocycles. The van der Waals surface area contributed by atoms with Crippen molar-refractivity contribution in [2.45, 2.75) is 26.3 Å². The molecule has 0 fully saturated rings. The fourth-order valence-electron chi connectivity index (χ4n) is 3.78. The second-order valence-corrected chi connectivity index (χ2v) is 8.15. The number of aromatic nitrogens is 1. The summed E-state index contributed by atoms with van der Waals surface area (Å²) in [5.74, 6) is -0.235. The highest BCUT2D eigenvalue weighted by atomic mass is 16.2. The maximum atomic E-state index is 12.4. The van der Waals surface area contributed by atoms with Crippen molar-refractivity contribution in [3.63, 3.8) is 0 Å². The summed E-state index contributed by atoms with van der Waals surface area (Å²) in [7, 11) is 2.11. The van der Waals surface area contributed by atoms with Crippen molar-refractivity contribution < 1.29 is 4.79 Å². The van der Waals surface area contributed by atoms with Crippen LogP contribution in [0.15, 0.2) is 78.2 Å². The minimum atomic E-state index is -0.235. The molecule has 0 spiro atoms. The van der Waals surface area contributed by atoms with E-state index < -0.39 is 0 Å². The number of benzene rings is 2. The number of hydrogen-bond acceptors (Lipinski definition) is 3. The van der Waals surface area contributed by atoms with Gasteiger partial charge in [-0.15, -0.1) is 0 Å². The van der Waals surface area contributed by atoms with E-state index in [0.717, 1.165) is 11.3 Å². The molecule has 4 rings (SSSR count). The third kappa shape index (κ3) is 3.79. The van der Waals surface area contributed by atoms with Gasteiger partial charge in [-0.3, -0.25) is 4.79 Å². The Bertz CT molecular complexity index is 1120. The number of allylic oxidation sites excluding steroid dienone is 1. The molecule has 0 saturated heterocycles. The Morgan fingerprint density at radius 1 is 1.07 bits per heavy atom. The first-order valence-corrected chi connectivity index (χ1v) is 10.00. The predicted molar refractivity (Wildman–Crippen MR) is 123 cm³/mol. The smallest absolute Gasteiger partial charge is 0.271 e. The third-order valence-electron chi connectivity index (χ3n) is 5.65. The molecule has 0 aliphatic carbocycles. The van der Waals surface area contributed by atoms with Gasteiger partial charge in [-0.05, 0) is 80.4 Å². The van der Waals surface area contributed by atoms with Gasteiger partial charge in [0.05, 0.1) is 11.8 Å². The number of carbonyl (C=O) groups is 1. The Kier molecular flexibility index (Phi) is 5.04. The van der Waals surface area contributed by atoms with Crippen LogP contribution in [0.2, 0.25) is 0 Å². The van der Waals surface area contributed by atoms with Crippen LogP contribution in [0.25, 0.3) is 11.3 Å². The highest BCUT2D eigenvalue weighted by Gasteiger charge is 2.28. The topological polar surface area (TPSA) is 49.6 Å². The molecule has 2 heterocycles. The lowest BCUT2D eigenvalue weighted by Gasteiger charge is -2.40. The molecule has 1 N–H and O–H groups in total. The second kappa shape index (κ2) is 7.67. The van der Waals surface area contributed by atoms with Gasteiger partial charge in [0.25, 0.3) is 5.91 Å². The molecule has 0 unspecified atom stereocenters. The first-order valence-electron chi connectivity index (χ1n) is 10.00. The van der Waals surface area contributed by atoms with Gasteiger partial charge in [0.15, 0.2) is 0 Å². The molecule has 5 heteroatoms. The molecule has 1 aliphatic rings. The molecule has 3 aromatic rings. The molecule has 1 amide bonds. The number of likely N-dealkylation sites (N-methyl/N-ethyl adjacent to an activating group) is 1. The van der Waals surface area contributed by atoms with Crippen LogP contribution in [-0.2, 0) is 0 Å². The molecule has 1 aliphatic heterocycles.